The van der Waals surface area contributed by atoms with Gasteiger partial charge in [0.25, 0.3) is 0 Å². The molecule has 5 nitrogen and oxygen atoms in total. The van der Waals surface area contributed by atoms with Crippen molar-refractivity contribution in [1.82, 2.24) is 19.7 Å². The van der Waals surface area contributed by atoms with Crippen LogP contribution in [0.25, 0.3) is 5.69 Å². The third kappa shape index (κ3) is 4.60. The molecular weight excluding hydrogens is 399 g/mol. The van der Waals surface area contributed by atoms with Crippen molar-refractivity contribution in [2.45, 2.75) is 18.1 Å². The van der Waals surface area contributed by atoms with Crippen molar-refractivity contribution in [2.24, 2.45) is 0 Å². The number of Topliss-reactive ketones (excluding diaryl/α,β-unsaturated/α-hetero) is 1. The molecule has 1 unspecified atom stereocenters. The summed E-state index contributed by atoms with van der Waals surface area (Å²) in [5, 5.41) is 9.91. The van der Waals surface area contributed by atoms with E-state index in [1.54, 1.807) is 12.1 Å². The van der Waals surface area contributed by atoms with Crippen LogP contribution in [0.3, 0.4) is 0 Å². The van der Waals surface area contributed by atoms with E-state index < -0.39 is 0 Å². The summed E-state index contributed by atoms with van der Waals surface area (Å²) in [6, 6.07) is 13.0. The molecule has 0 aliphatic rings. The van der Waals surface area contributed by atoms with Crippen LogP contribution in [0, 0.1) is 5.82 Å². The summed E-state index contributed by atoms with van der Waals surface area (Å²) >= 11 is 7.32. The molecule has 0 N–H and O–H groups in total. The number of hydrogen-bond acceptors (Lipinski definition) is 5. The van der Waals surface area contributed by atoms with Crippen LogP contribution >= 0.6 is 23.4 Å². The quantitative estimate of drug-likeness (QED) is 0.412. The Morgan fingerprint density at radius 2 is 1.79 bits per heavy atom. The van der Waals surface area contributed by atoms with Gasteiger partial charge in [0.2, 0.25) is 0 Å². The molecule has 1 atom stereocenters. The van der Waals surface area contributed by atoms with Gasteiger partial charge in [-0.2, -0.15) is 0 Å². The predicted octanol–water partition coefficient (Wildman–Crippen LogP) is 4.66. The van der Waals surface area contributed by atoms with Crippen molar-refractivity contribution in [2.75, 3.05) is 19.8 Å². The minimum Gasteiger partial charge on any atom is -0.300 e. The summed E-state index contributed by atoms with van der Waals surface area (Å²) < 4.78 is 15.0. The lowest BCUT2D eigenvalue weighted by Crippen LogP contribution is -2.20. The highest BCUT2D eigenvalue weighted by molar-refractivity contribution is 7.99. The summed E-state index contributed by atoms with van der Waals surface area (Å²) in [6.07, 6.45) is 0. The zero-order valence-corrected chi connectivity index (χ0v) is 17.3. The fraction of sp³-hybridized carbons (Fsp3) is 0.250. The van der Waals surface area contributed by atoms with Crippen molar-refractivity contribution < 1.29 is 9.18 Å². The van der Waals surface area contributed by atoms with E-state index >= 15 is 0 Å². The molecule has 146 valence electrons. The molecule has 0 saturated heterocycles. The van der Waals surface area contributed by atoms with Crippen LogP contribution in [0.5, 0.6) is 0 Å². The van der Waals surface area contributed by atoms with Gasteiger partial charge in [-0.1, -0.05) is 23.4 Å². The Bertz CT molecular complexity index is 957. The largest absolute Gasteiger partial charge is 0.300 e. The smallest absolute Gasteiger partial charge is 0.196 e. The van der Waals surface area contributed by atoms with Gasteiger partial charge in [-0.25, -0.2) is 4.39 Å². The van der Waals surface area contributed by atoms with Gasteiger partial charge in [-0.15, -0.1) is 10.2 Å². The predicted molar refractivity (Wildman–Crippen MR) is 110 cm³/mol. The molecule has 0 aliphatic heterocycles. The first-order valence-electron chi connectivity index (χ1n) is 8.66. The number of halogens is 2. The zero-order chi connectivity index (χ0) is 20.3. The number of ketones is 1. The second kappa shape index (κ2) is 8.86. The lowest BCUT2D eigenvalue weighted by molar-refractivity contribution is 0.102. The molecule has 28 heavy (non-hydrogen) atoms. The number of rotatable bonds is 7. The van der Waals surface area contributed by atoms with Gasteiger partial charge in [0.15, 0.2) is 16.8 Å². The Kier molecular flexibility index (Phi) is 6.49. The SMILES string of the molecule is CC(c1nnc(SCC(=O)c2ccc(F)cc2)n1-c1ccc(Cl)cc1)N(C)C. The molecule has 0 aliphatic carbocycles. The average molecular weight is 419 g/mol. The van der Waals surface area contributed by atoms with E-state index in [0.29, 0.717) is 15.7 Å². The number of thioether (sulfide) groups is 1. The molecule has 1 heterocycles. The third-order valence-electron chi connectivity index (χ3n) is 4.39. The van der Waals surface area contributed by atoms with Crippen LogP contribution in [0.15, 0.2) is 53.7 Å². The monoisotopic (exact) mass is 418 g/mol. The van der Waals surface area contributed by atoms with Crippen molar-refractivity contribution in [3.8, 4) is 5.69 Å². The molecule has 0 saturated carbocycles. The fourth-order valence-corrected chi connectivity index (χ4v) is 3.54. The van der Waals surface area contributed by atoms with Crippen molar-refractivity contribution in [3.05, 3.63) is 70.8 Å². The van der Waals surface area contributed by atoms with Gasteiger partial charge in [-0.05, 0) is 69.6 Å². The highest BCUT2D eigenvalue weighted by Gasteiger charge is 2.21. The molecule has 8 heteroatoms. The zero-order valence-electron chi connectivity index (χ0n) is 15.8. The minimum atomic E-state index is -0.367. The number of hydrogen-bond donors (Lipinski definition) is 0. The molecule has 0 radical (unpaired) electrons. The number of aromatic nitrogens is 3. The molecule has 1 aromatic heterocycles. The number of carbonyl (C=O) groups is 1. The van der Waals surface area contributed by atoms with E-state index in [1.165, 1.54) is 36.0 Å². The Balaban J connectivity index is 1.89. The van der Waals surface area contributed by atoms with Gasteiger partial charge in [0.05, 0.1) is 11.8 Å². The average Bonchev–Trinajstić information content (AvgIpc) is 3.10. The highest BCUT2D eigenvalue weighted by Crippen LogP contribution is 2.28. The van der Waals surface area contributed by atoms with E-state index in [0.717, 1.165) is 11.5 Å². The maximum atomic E-state index is 13.1. The van der Waals surface area contributed by atoms with Crippen molar-refractivity contribution in [3.63, 3.8) is 0 Å². The molecule has 3 aromatic rings. The maximum absolute atomic E-state index is 13.1. The van der Waals surface area contributed by atoms with Crippen LogP contribution in [-0.2, 0) is 0 Å². The first kappa shape index (κ1) is 20.5. The minimum absolute atomic E-state index is 0.0188. The molecular formula is C20H20ClFN4OS. The van der Waals surface area contributed by atoms with E-state index in [-0.39, 0.29) is 23.4 Å². The number of nitrogens with zero attached hydrogens (tertiary/aromatic N) is 4. The van der Waals surface area contributed by atoms with Gasteiger partial charge in [0, 0.05) is 16.3 Å². The molecule has 0 spiro atoms. The summed E-state index contributed by atoms with van der Waals surface area (Å²) in [5.74, 6) is 0.476. The van der Waals surface area contributed by atoms with Crippen LogP contribution in [0.2, 0.25) is 5.02 Å². The van der Waals surface area contributed by atoms with E-state index in [2.05, 4.69) is 10.2 Å². The summed E-state index contributed by atoms with van der Waals surface area (Å²) in [6.45, 7) is 2.04. The molecule has 0 fully saturated rings. The van der Waals surface area contributed by atoms with Crippen molar-refractivity contribution in [1.29, 1.82) is 0 Å². The van der Waals surface area contributed by atoms with Gasteiger partial charge >= 0.3 is 0 Å². The second-order valence-corrected chi connectivity index (χ2v) is 7.89. The van der Waals surface area contributed by atoms with Crippen molar-refractivity contribution >= 4 is 29.1 Å². The number of carbonyl (C=O) groups excluding carboxylic acids is 1. The molecule has 0 amide bonds. The lowest BCUT2D eigenvalue weighted by atomic mass is 10.1. The van der Waals surface area contributed by atoms with Crippen LogP contribution in [-0.4, -0.2) is 45.3 Å². The first-order valence-corrected chi connectivity index (χ1v) is 10.0. The second-order valence-electron chi connectivity index (χ2n) is 6.51. The molecule has 0 bridgehead atoms. The normalized spacial score (nSPS) is 12.4. The maximum Gasteiger partial charge on any atom is 0.196 e. The topological polar surface area (TPSA) is 51.0 Å². The lowest BCUT2D eigenvalue weighted by Gasteiger charge is -2.20. The third-order valence-corrected chi connectivity index (χ3v) is 5.57. The summed E-state index contributed by atoms with van der Waals surface area (Å²) in [4.78, 5) is 14.5. The van der Waals surface area contributed by atoms with Gasteiger partial charge in [0.1, 0.15) is 5.82 Å². The van der Waals surface area contributed by atoms with Gasteiger partial charge < -0.3 is 0 Å². The van der Waals surface area contributed by atoms with Crippen LogP contribution in [0.4, 0.5) is 4.39 Å². The fourth-order valence-electron chi connectivity index (χ4n) is 2.56. The molecule has 2 aromatic carbocycles. The van der Waals surface area contributed by atoms with Crippen LogP contribution < -0.4 is 0 Å². The number of benzene rings is 2. The first-order chi connectivity index (χ1) is 13.4. The summed E-state index contributed by atoms with van der Waals surface area (Å²) in [5.41, 5.74) is 1.34. The Labute approximate surface area is 172 Å². The Morgan fingerprint density at radius 3 is 2.39 bits per heavy atom. The Morgan fingerprint density at radius 1 is 1.14 bits per heavy atom. The van der Waals surface area contributed by atoms with Crippen LogP contribution in [0.1, 0.15) is 29.1 Å². The van der Waals surface area contributed by atoms with E-state index in [1.807, 2.05) is 42.6 Å². The molecule has 3 rings (SSSR count). The van der Waals surface area contributed by atoms with Gasteiger partial charge in [-0.3, -0.25) is 14.3 Å². The Hall–Kier alpha value is -2.22. The van der Waals surface area contributed by atoms with E-state index in [4.69, 9.17) is 11.6 Å². The highest BCUT2D eigenvalue weighted by atomic mass is 35.5. The summed E-state index contributed by atoms with van der Waals surface area (Å²) in [7, 11) is 3.94. The van der Waals surface area contributed by atoms with E-state index in [9.17, 15) is 9.18 Å². The standard InChI is InChI=1S/C20H20ClFN4OS/c1-13(25(2)3)19-23-24-20(26(19)17-10-6-15(21)7-11-17)28-12-18(27)14-4-8-16(22)9-5-14/h4-11,13H,12H2,1-3H3.